The standard InChI is InChI=1S/C13H10F3N2O.BF4/c14-13(15,16)19-12(18-17)9-5-4-8-11(12)10-6-2-1-3-7-10;2-1(3,4)5/h1-8H,9H2;/q+1;-1. The van der Waals surface area contributed by atoms with Crippen LogP contribution in [0.4, 0.5) is 30.4 Å². The van der Waals surface area contributed by atoms with Gasteiger partial charge in [0.15, 0.2) is 4.98 Å². The molecule has 0 radical (unpaired) electrons. The fraction of sp³-hybridized carbons (Fsp3) is 0.231. The summed E-state index contributed by atoms with van der Waals surface area (Å²) < 4.78 is 80.6. The Hall–Kier alpha value is -2.35. The van der Waals surface area contributed by atoms with Crippen molar-refractivity contribution in [3.63, 3.8) is 0 Å². The molecule has 1 aliphatic rings. The van der Waals surface area contributed by atoms with E-state index in [2.05, 4.69) is 9.71 Å². The van der Waals surface area contributed by atoms with E-state index in [1.807, 2.05) is 0 Å². The van der Waals surface area contributed by atoms with E-state index >= 15 is 0 Å². The van der Waals surface area contributed by atoms with Crippen molar-refractivity contribution >= 4 is 12.8 Å². The highest BCUT2D eigenvalue weighted by Gasteiger charge is 2.58. The monoisotopic (exact) mass is 354 g/mol. The summed E-state index contributed by atoms with van der Waals surface area (Å²) in [6.07, 6.45) is -0.581. The van der Waals surface area contributed by atoms with Crippen molar-refractivity contribution in [2.45, 2.75) is 18.5 Å². The number of diazo groups is 1. The van der Waals surface area contributed by atoms with Gasteiger partial charge in [0.05, 0.1) is 12.0 Å². The zero-order valence-electron chi connectivity index (χ0n) is 11.9. The van der Waals surface area contributed by atoms with Crippen molar-refractivity contribution in [3.05, 3.63) is 59.1 Å². The topological polar surface area (TPSA) is 37.4 Å². The Balaban J connectivity index is 0.000000505. The van der Waals surface area contributed by atoms with Gasteiger partial charge in [0.1, 0.15) is 0 Å². The van der Waals surface area contributed by atoms with Crippen LogP contribution in [0.25, 0.3) is 10.5 Å². The third-order valence-corrected chi connectivity index (χ3v) is 2.75. The van der Waals surface area contributed by atoms with Crippen molar-refractivity contribution < 1.29 is 35.2 Å². The average molecular weight is 354 g/mol. The van der Waals surface area contributed by atoms with E-state index in [9.17, 15) is 30.4 Å². The van der Waals surface area contributed by atoms with Crippen LogP contribution < -0.4 is 0 Å². The molecule has 0 saturated heterocycles. The predicted molar refractivity (Wildman–Crippen MR) is 73.3 cm³/mol. The second-order valence-corrected chi connectivity index (χ2v) is 4.51. The first-order chi connectivity index (χ1) is 11.0. The number of ether oxygens (including phenoxy) is 1. The third kappa shape index (κ3) is 6.41. The first-order valence-electron chi connectivity index (χ1n) is 6.40. The molecule has 1 aromatic carbocycles. The van der Waals surface area contributed by atoms with Gasteiger partial charge in [0.25, 0.3) is 0 Å². The molecule has 11 heteroatoms. The van der Waals surface area contributed by atoms with E-state index in [0.29, 0.717) is 5.56 Å². The maximum Gasteiger partial charge on any atom is 0.673 e. The molecule has 0 bridgehead atoms. The van der Waals surface area contributed by atoms with Crippen LogP contribution in [0.2, 0.25) is 0 Å². The van der Waals surface area contributed by atoms with Crippen molar-refractivity contribution in [2.24, 2.45) is 0 Å². The lowest BCUT2D eigenvalue weighted by atomic mass is 9.89. The minimum atomic E-state index is -6.00. The van der Waals surface area contributed by atoms with Crippen LogP contribution in [0.15, 0.2) is 48.6 Å². The third-order valence-electron chi connectivity index (χ3n) is 2.75. The fourth-order valence-electron chi connectivity index (χ4n) is 1.97. The lowest BCUT2D eigenvalue weighted by Gasteiger charge is -2.21. The molecule has 0 aromatic heterocycles. The van der Waals surface area contributed by atoms with Crippen LogP contribution in [0.3, 0.4) is 0 Å². The highest BCUT2D eigenvalue weighted by atomic mass is 19.5. The molecule has 0 aliphatic heterocycles. The molecule has 0 saturated carbocycles. The van der Waals surface area contributed by atoms with Crippen LogP contribution in [0.5, 0.6) is 0 Å². The van der Waals surface area contributed by atoms with Crippen molar-refractivity contribution in [1.29, 1.82) is 5.39 Å². The predicted octanol–water partition coefficient (Wildman–Crippen LogP) is 5.42. The van der Waals surface area contributed by atoms with E-state index < -0.39 is 19.3 Å². The molecule has 0 amide bonds. The van der Waals surface area contributed by atoms with E-state index in [1.165, 1.54) is 12.2 Å². The molecule has 0 spiro atoms. The van der Waals surface area contributed by atoms with Crippen LogP contribution >= 0.6 is 0 Å². The maximum absolute atomic E-state index is 12.5. The number of rotatable bonds is 2. The molecule has 130 valence electrons. The van der Waals surface area contributed by atoms with Crippen molar-refractivity contribution in [2.75, 3.05) is 0 Å². The number of halogens is 7. The summed E-state index contributed by atoms with van der Waals surface area (Å²) in [5.41, 5.74) is -1.47. The van der Waals surface area contributed by atoms with Gasteiger partial charge in [-0.3, -0.25) is 0 Å². The summed E-state index contributed by atoms with van der Waals surface area (Å²) in [5.74, 6) is 0. The van der Waals surface area contributed by atoms with Gasteiger partial charge in [-0.1, -0.05) is 42.5 Å². The lowest BCUT2D eigenvalue weighted by Crippen LogP contribution is -2.37. The van der Waals surface area contributed by atoms with Gasteiger partial charge in [-0.25, -0.2) is 4.74 Å². The van der Waals surface area contributed by atoms with Gasteiger partial charge in [0.2, 0.25) is 5.39 Å². The van der Waals surface area contributed by atoms with Crippen molar-refractivity contribution in [1.82, 2.24) is 0 Å². The number of hydrogen-bond donors (Lipinski definition) is 0. The Morgan fingerprint density at radius 3 is 2.08 bits per heavy atom. The highest BCUT2D eigenvalue weighted by molar-refractivity contribution is 6.50. The molecule has 0 heterocycles. The van der Waals surface area contributed by atoms with Gasteiger partial charge < -0.3 is 17.3 Å². The number of benzene rings is 1. The molecule has 24 heavy (non-hydrogen) atoms. The van der Waals surface area contributed by atoms with Gasteiger partial charge in [-0.05, 0) is 11.6 Å². The lowest BCUT2D eigenvalue weighted by molar-refractivity contribution is -0.349. The van der Waals surface area contributed by atoms with Gasteiger partial charge in [-0.15, -0.1) is 13.2 Å². The molecule has 1 aliphatic carbocycles. The Kier molecular flexibility index (Phi) is 6.14. The molecule has 0 N–H and O–H groups in total. The summed E-state index contributed by atoms with van der Waals surface area (Å²) in [5, 5.41) is 9.06. The summed E-state index contributed by atoms with van der Waals surface area (Å²) in [7, 11) is -6.00. The van der Waals surface area contributed by atoms with Crippen LogP contribution in [-0.2, 0) is 4.74 Å². The Morgan fingerprint density at radius 2 is 1.62 bits per heavy atom. The van der Waals surface area contributed by atoms with Gasteiger partial charge in [0, 0.05) is 0 Å². The van der Waals surface area contributed by atoms with E-state index in [0.717, 1.165) is 0 Å². The Bertz CT molecular complexity index is 643. The molecule has 3 nitrogen and oxygen atoms in total. The first-order valence-corrected chi connectivity index (χ1v) is 6.40. The zero-order chi connectivity index (χ0) is 18.4. The highest BCUT2D eigenvalue weighted by Crippen LogP contribution is 2.41. The summed E-state index contributed by atoms with van der Waals surface area (Å²) in [4.78, 5) is 2.86. The SMILES string of the molecule is F[B-](F)(F)F.N#[N+]C1(OC(F)(F)F)CC=CC=C1c1ccccc1. The van der Waals surface area contributed by atoms with Crippen molar-refractivity contribution in [3.8, 4) is 0 Å². The molecule has 1 aromatic rings. The van der Waals surface area contributed by atoms with Crippen LogP contribution in [0, 0.1) is 5.39 Å². The van der Waals surface area contributed by atoms with E-state index in [-0.39, 0.29) is 12.0 Å². The van der Waals surface area contributed by atoms with Crippen LogP contribution in [0.1, 0.15) is 12.0 Å². The minimum Gasteiger partial charge on any atom is -0.418 e. The normalized spacial score (nSPS) is 20.5. The number of nitrogens with zero attached hydrogens (tertiary/aromatic N) is 2. The molecular weight excluding hydrogens is 344 g/mol. The van der Waals surface area contributed by atoms with E-state index in [1.54, 1.807) is 36.4 Å². The number of alkyl halides is 3. The number of allylic oxidation sites excluding steroid dienone is 2. The Morgan fingerprint density at radius 1 is 1.08 bits per heavy atom. The molecule has 0 fully saturated rings. The average Bonchev–Trinajstić information content (AvgIpc) is 2.45. The second kappa shape index (κ2) is 7.48. The summed E-state index contributed by atoms with van der Waals surface area (Å²) in [6.45, 7) is 0. The minimum absolute atomic E-state index is 0.162. The Labute approximate surface area is 132 Å². The summed E-state index contributed by atoms with van der Waals surface area (Å²) >= 11 is 0. The fourth-order valence-corrected chi connectivity index (χ4v) is 1.97. The smallest absolute Gasteiger partial charge is 0.418 e. The zero-order valence-corrected chi connectivity index (χ0v) is 11.9. The molecule has 2 rings (SSSR count). The van der Waals surface area contributed by atoms with Gasteiger partial charge in [-0.2, -0.15) is 0 Å². The quantitative estimate of drug-likeness (QED) is 0.404. The molecule has 1 unspecified atom stereocenters. The summed E-state index contributed by atoms with van der Waals surface area (Å²) in [6, 6.07) is 8.37. The maximum atomic E-state index is 12.5. The van der Waals surface area contributed by atoms with Gasteiger partial charge >= 0.3 is 19.3 Å². The molecule has 1 atom stereocenters. The van der Waals surface area contributed by atoms with E-state index in [4.69, 9.17) is 5.39 Å². The van der Waals surface area contributed by atoms with Crippen LogP contribution in [-0.4, -0.2) is 19.3 Å². The molecular formula is C13H10BF7N2O. The number of hydrogen-bond acceptors (Lipinski definition) is 2. The second-order valence-electron chi connectivity index (χ2n) is 4.51. The largest absolute Gasteiger partial charge is 0.673 e. The first kappa shape index (κ1) is 19.7.